The molecule has 0 aliphatic carbocycles. The van der Waals surface area contributed by atoms with Crippen LogP contribution in [0.3, 0.4) is 0 Å². The Morgan fingerprint density at radius 2 is 2.26 bits per heavy atom. The third-order valence-corrected chi connectivity index (χ3v) is 4.20. The van der Waals surface area contributed by atoms with Gasteiger partial charge in [-0.3, -0.25) is 0 Å². The topological polar surface area (TPSA) is 45.7 Å². The summed E-state index contributed by atoms with van der Waals surface area (Å²) in [6.07, 6.45) is 3.68. The second-order valence-corrected chi connectivity index (χ2v) is 7.97. The molecule has 1 aromatic heterocycles. The molecule has 0 radical (unpaired) electrons. The van der Waals surface area contributed by atoms with Crippen LogP contribution in [0.2, 0.25) is 0 Å². The summed E-state index contributed by atoms with van der Waals surface area (Å²) >= 11 is 3.40. The first-order valence-corrected chi connectivity index (χ1v) is 8.82. The largest absolute Gasteiger partial charge is 0.444 e. The molecule has 2 heterocycles. The molecule has 0 aromatic carbocycles. The van der Waals surface area contributed by atoms with Crippen molar-refractivity contribution in [2.45, 2.75) is 51.8 Å². The summed E-state index contributed by atoms with van der Waals surface area (Å²) in [6.45, 7) is 8.18. The number of hydrogen-bond donors (Lipinski definition) is 0. The first-order valence-electron chi connectivity index (χ1n) is 8.03. The van der Waals surface area contributed by atoms with Crippen LogP contribution in [-0.2, 0) is 11.3 Å². The first-order chi connectivity index (χ1) is 10.7. The Balaban J connectivity index is 1.91. The highest BCUT2D eigenvalue weighted by atomic mass is 79.9. The number of likely N-dealkylation sites (N-methyl/N-ethyl adjacent to an activating group) is 1. The van der Waals surface area contributed by atoms with Crippen LogP contribution in [0.1, 0.15) is 39.2 Å². The Bertz CT molecular complexity index is 545. The summed E-state index contributed by atoms with van der Waals surface area (Å²) < 4.78 is 6.37. The number of nitrogens with zero attached hydrogens (tertiary/aromatic N) is 3. The molecule has 1 aliphatic rings. The summed E-state index contributed by atoms with van der Waals surface area (Å²) in [5, 5.41) is 0. The number of halogens is 1. The van der Waals surface area contributed by atoms with Gasteiger partial charge in [-0.25, -0.2) is 9.78 Å². The van der Waals surface area contributed by atoms with Crippen LogP contribution < -0.4 is 0 Å². The van der Waals surface area contributed by atoms with Crippen molar-refractivity contribution in [3.05, 3.63) is 28.5 Å². The molecule has 23 heavy (non-hydrogen) atoms. The minimum Gasteiger partial charge on any atom is -0.444 e. The number of pyridine rings is 1. The fourth-order valence-electron chi connectivity index (χ4n) is 2.86. The van der Waals surface area contributed by atoms with E-state index in [1.165, 1.54) is 5.56 Å². The summed E-state index contributed by atoms with van der Waals surface area (Å²) in [7, 11) is 2.08. The number of carbonyl (C=O) groups excluding carboxylic acids is 1. The van der Waals surface area contributed by atoms with Crippen molar-refractivity contribution in [1.29, 1.82) is 0 Å². The number of likely N-dealkylation sites (tertiary alicyclic amines) is 1. The smallest absolute Gasteiger partial charge is 0.410 e. The van der Waals surface area contributed by atoms with Gasteiger partial charge in [0.1, 0.15) is 10.2 Å². The van der Waals surface area contributed by atoms with E-state index in [2.05, 4.69) is 32.9 Å². The predicted molar refractivity (Wildman–Crippen MR) is 94.2 cm³/mol. The molecule has 0 bridgehead atoms. The van der Waals surface area contributed by atoms with E-state index in [9.17, 15) is 4.79 Å². The molecular formula is C17H26BrN3O2. The van der Waals surface area contributed by atoms with E-state index in [0.717, 1.165) is 37.1 Å². The van der Waals surface area contributed by atoms with E-state index in [0.29, 0.717) is 0 Å². The van der Waals surface area contributed by atoms with Gasteiger partial charge in [0.25, 0.3) is 0 Å². The zero-order chi connectivity index (χ0) is 17.0. The highest BCUT2D eigenvalue weighted by Crippen LogP contribution is 2.22. The predicted octanol–water partition coefficient (Wildman–Crippen LogP) is 3.68. The van der Waals surface area contributed by atoms with E-state index in [1.807, 2.05) is 37.8 Å². The quantitative estimate of drug-likeness (QED) is 0.743. The molecule has 5 nitrogen and oxygen atoms in total. The molecule has 1 aromatic rings. The maximum absolute atomic E-state index is 12.3. The molecule has 1 atom stereocenters. The van der Waals surface area contributed by atoms with Gasteiger partial charge in [0, 0.05) is 31.9 Å². The van der Waals surface area contributed by atoms with Crippen molar-refractivity contribution >= 4 is 22.0 Å². The molecule has 1 aliphatic heterocycles. The zero-order valence-electron chi connectivity index (χ0n) is 14.4. The standard InChI is InChI=1S/C17H26BrN3O2/c1-17(2,3)23-16(22)21-9-5-6-14(21)12-20(4)11-13-7-8-19-15(18)10-13/h7-8,10,14H,5-6,9,11-12H2,1-4H3/t14-/m0/s1. The Hall–Kier alpha value is -1.14. The van der Waals surface area contributed by atoms with Crippen LogP contribution in [0.15, 0.2) is 22.9 Å². The van der Waals surface area contributed by atoms with Gasteiger partial charge in [0.05, 0.1) is 0 Å². The van der Waals surface area contributed by atoms with Crippen molar-refractivity contribution in [1.82, 2.24) is 14.8 Å². The Kier molecular flexibility index (Phi) is 6.03. The Labute approximate surface area is 147 Å². The number of rotatable bonds is 4. The lowest BCUT2D eigenvalue weighted by atomic mass is 10.2. The highest BCUT2D eigenvalue weighted by molar-refractivity contribution is 9.10. The lowest BCUT2D eigenvalue weighted by Gasteiger charge is -2.31. The number of carbonyl (C=O) groups is 1. The lowest BCUT2D eigenvalue weighted by Crippen LogP contribution is -2.44. The second kappa shape index (κ2) is 7.62. The van der Waals surface area contributed by atoms with Gasteiger partial charge in [0.15, 0.2) is 0 Å². The minimum absolute atomic E-state index is 0.194. The van der Waals surface area contributed by atoms with E-state index in [4.69, 9.17) is 4.74 Å². The molecule has 0 saturated carbocycles. The van der Waals surface area contributed by atoms with Gasteiger partial charge in [-0.2, -0.15) is 0 Å². The highest BCUT2D eigenvalue weighted by Gasteiger charge is 2.32. The number of aromatic nitrogens is 1. The minimum atomic E-state index is -0.445. The maximum atomic E-state index is 12.3. The maximum Gasteiger partial charge on any atom is 0.410 e. The van der Waals surface area contributed by atoms with Crippen LogP contribution >= 0.6 is 15.9 Å². The first kappa shape index (κ1) is 18.2. The summed E-state index contributed by atoms with van der Waals surface area (Å²) in [5.41, 5.74) is 0.760. The molecule has 2 rings (SSSR count). The third kappa shape index (κ3) is 5.77. The van der Waals surface area contributed by atoms with Crippen LogP contribution in [0, 0.1) is 0 Å². The monoisotopic (exact) mass is 383 g/mol. The normalized spacial score (nSPS) is 18.5. The van der Waals surface area contributed by atoms with Crippen molar-refractivity contribution in [3.63, 3.8) is 0 Å². The van der Waals surface area contributed by atoms with Gasteiger partial charge in [-0.1, -0.05) is 0 Å². The van der Waals surface area contributed by atoms with E-state index >= 15 is 0 Å². The fraction of sp³-hybridized carbons (Fsp3) is 0.647. The molecule has 1 fully saturated rings. The third-order valence-electron chi connectivity index (χ3n) is 3.77. The van der Waals surface area contributed by atoms with Crippen LogP contribution in [-0.4, -0.2) is 52.7 Å². The number of hydrogen-bond acceptors (Lipinski definition) is 4. The zero-order valence-corrected chi connectivity index (χ0v) is 16.0. The van der Waals surface area contributed by atoms with Crippen molar-refractivity contribution in [2.75, 3.05) is 20.1 Å². The fourth-order valence-corrected chi connectivity index (χ4v) is 3.28. The molecule has 0 unspecified atom stereocenters. The second-order valence-electron chi connectivity index (χ2n) is 7.15. The average Bonchev–Trinajstić information content (AvgIpc) is 2.84. The number of ether oxygens (including phenoxy) is 1. The van der Waals surface area contributed by atoms with Gasteiger partial charge in [-0.05, 0) is 74.3 Å². The molecule has 0 spiro atoms. The van der Waals surface area contributed by atoms with E-state index in [-0.39, 0.29) is 12.1 Å². The molecule has 6 heteroatoms. The molecule has 1 amide bonds. The Morgan fingerprint density at radius 3 is 2.91 bits per heavy atom. The summed E-state index contributed by atoms with van der Waals surface area (Å²) in [5.74, 6) is 0. The Morgan fingerprint density at radius 1 is 1.52 bits per heavy atom. The van der Waals surface area contributed by atoms with Crippen LogP contribution in [0.4, 0.5) is 4.79 Å². The summed E-state index contributed by atoms with van der Waals surface area (Å²) in [4.78, 5) is 20.6. The van der Waals surface area contributed by atoms with Gasteiger partial charge < -0.3 is 14.5 Å². The van der Waals surface area contributed by atoms with Gasteiger partial charge in [0.2, 0.25) is 0 Å². The lowest BCUT2D eigenvalue weighted by molar-refractivity contribution is 0.0201. The van der Waals surface area contributed by atoms with Crippen LogP contribution in [0.5, 0.6) is 0 Å². The van der Waals surface area contributed by atoms with Gasteiger partial charge in [-0.15, -0.1) is 0 Å². The number of amides is 1. The average molecular weight is 384 g/mol. The molecule has 0 N–H and O–H groups in total. The van der Waals surface area contributed by atoms with E-state index < -0.39 is 5.60 Å². The molecule has 1 saturated heterocycles. The van der Waals surface area contributed by atoms with Crippen molar-refractivity contribution in [3.8, 4) is 0 Å². The molecule has 128 valence electrons. The van der Waals surface area contributed by atoms with Crippen molar-refractivity contribution < 1.29 is 9.53 Å². The van der Waals surface area contributed by atoms with Crippen molar-refractivity contribution in [2.24, 2.45) is 0 Å². The van der Waals surface area contributed by atoms with Crippen LogP contribution in [0.25, 0.3) is 0 Å². The van der Waals surface area contributed by atoms with Gasteiger partial charge >= 0.3 is 6.09 Å². The van der Waals surface area contributed by atoms with E-state index in [1.54, 1.807) is 6.20 Å². The molecular weight excluding hydrogens is 358 g/mol. The summed E-state index contributed by atoms with van der Waals surface area (Å²) in [6, 6.07) is 4.26. The SMILES string of the molecule is CN(Cc1ccnc(Br)c1)C[C@@H]1CCCN1C(=O)OC(C)(C)C.